The lowest BCUT2D eigenvalue weighted by atomic mass is 9.85. The van der Waals surface area contributed by atoms with E-state index in [2.05, 4.69) is 25.8 Å². The minimum Gasteiger partial charge on any atom is -0.507 e. The first-order chi connectivity index (χ1) is 18.1. The van der Waals surface area contributed by atoms with E-state index >= 15 is 0 Å². The van der Waals surface area contributed by atoms with Crippen LogP contribution in [0.4, 0.5) is 9.52 Å². The summed E-state index contributed by atoms with van der Waals surface area (Å²) >= 11 is 1.12. The molecule has 1 aliphatic heterocycles. The van der Waals surface area contributed by atoms with Gasteiger partial charge in [-0.25, -0.2) is 9.37 Å². The Morgan fingerprint density at radius 1 is 1.05 bits per heavy atom. The lowest BCUT2D eigenvalue weighted by Gasteiger charge is -2.24. The quantitative estimate of drug-likeness (QED) is 0.175. The first kappa shape index (κ1) is 25.6. The summed E-state index contributed by atoms with van der Waals surface area (Å²) in [6.45, 7) is 8.66. The number of Topliss-reactive ketones (excluding diaryl/α,β-unsaturated/α-hetero) is 1. The van der Waals surface area contributed by atoms with Gasteiger partial charge in [0.15, 0.2) is 5.13 Å². The highest BCUT2D eigenvalue weighted by molar-refractivity contribution is 7.22. The lowest BCUT2D eigenvalue weighted by molar-refractivity contribution is -0.132. The summed E-state index contributed by atoms with van der Waals surface area (Å²) < 4.78 is 19.9. The van der Waals surface area contributed by atoms with Gasteiger partial charge in [-0.15, -0.1) is 0 Å². The number of anilines is 1. The molecule has 6 nitrogen and oxygen atoms in total. The third-order valence-electron chi connectivity index (χ3n) is 6.52. The maximum absolute atomic E-state index is 13.9. The molecular weight excluding hydrogens is 503 g/mol. The molecule has 0 bridgehead atoms. The fourth-order valence-corrected chi connectivity index (χ4v) is 5.55. The van der Waals surface area contributed by atoms with E-state index in [0.717, 1.165) is 16.9 Å². The van der Waals surface area contributed by atoms with Gasteiger partial charge in [-0.2, -0.15) is 0 Å². The molecule has 38 heavy (non-hydrogen) atoms. The van der Waals surface area contributed by atoms with Crippen LogP contribution in [0.2, 0.25) is 0 Å². The Labute approximate surface area is 224 Å². The van der Waals surface area contributed by atoms with Gasteiger partial charge < -0.3 is 9.84 Å². The normalized spacial score (nSPS) is 17.4. The number of halogens is 1. The summed E-state index contributed by atoms with van der Waals surface area (Å²) in [4.78, 5) is 32.7. The summed E-state index contributed by atoms with van der Waals surface area (Å²) in [5, 5.41) is 11.6. The Kier molecular flexibility index (Phi) is 6.53. The molecule has 4 aromatic rings. The zero-order valence-corrected chi connectivity index (χ0v) is 22.3. The molecule has 1 N–H and O–H groups in total. The van der Waals surface area contributed by atoms with Crippen LogP contribution in [-0.2, 0) is 15.0 Å². The molecule has 1 amide bonds. The number of aliphatic hydroxyl groups is 1. The maximum Gasteiger partial charge on any atom is 0.301 e. The first-order valence-electron chi connectivity index (χ1n) is 12.3. The maximum atomic E-state index is 13.9. The van der Waals surface area contributed by atoms with Crippen molar-refractivity contribution in [1.29, 1.82) is 0 Å². The number of aromatic nitrogens is 1. The number of rotatable bonds is 5. The molecule has 1 saturated heterocycles. The van der Waals surface area contributed by atoms with Crippen LogP contribution in [0, 0.1) is 5.82 Å². The molecule has 1 aliphatic rings. The van der Waals surface area contributed by atoms with Crippen LogP contribution in [0.15, 0.2) is 72.3 Å². The second kappa shape index (κ2) is 9.68. The molecule has 5 rings (SSSR count). The van der Waals surface area contributed by atoms with Crippen molar-refractivity contribution in [2.75, 3.05) is 11.5 Å². The molecule has 1 fully saturated rings. The predicted molar refractivity (Wildman–Crippen MR) is 147 cm³/mol. The Bertz CT molecular complexity index is 1570. The molecule has 194 valence electrons. The number of hydrogen-bond acceptors (Lipinski definition) is 6. The van der Waals surface area contributed by atoms with Gasteiger partial charge in [0.1, 0.15) is 17.3 Å². The molecule has 0 aliphatic carbocycles. The molecule has 1 aromatic heterocycles. The lowest BCUT2D eigenvalue weighted by Crippen LogP contribution is -2.29. The highest BCUT2D eigenvalue weighted by atomic mass is 32.1. The number of nitrogens with zero attached hydrogens (tertiary/aromatic N) is 2. The molecule has 2 heterocycles. The SMILES string of the molecule is CCOc1ccc(/C(O)=C2\C(=O)C(=O)N(c3nc4ccc(F)cc4s3)[C@@H]2c2ccc(C(C)(C)C)cc2)cc1. The largest absolute Gasteiger partial charge is 0.507 e. The Hall–Kier alpha value is -4.04. The number of ether oxygens (including phenoxy) is 1. The van der Waals surface area contributed by atoms with Crippen molar-refractivity contribution in [1.82, 2.24) is 4.98 Å². The van der Waals surface area contributed by atoms with Gasteiger partial charge in [-0.1, -0.05) is 56.4 Å². The zero-order chi connectivity index (χ0) is 27.2. The molecule has 0 saturated carbocycles. The van der Waals surface area contributed by atoms with Crippen LogP contribution in [0.25, 0.3) is 16.0 Å². The second-order valence-corrected chi connectivity index (χ2v) is 11.1. The monoisotopic (exact) mass is 530 g/mol. The van der Waals surface area contributed by atoms with Crippen LogP contribution >= 0.6 is 11.3 Å². The van der Waals surface area contributed by atoms with E-state index < -0.39 is 23.5 Å². The van der Waals surface area contributed by atoms with E-state index in [1.807, 2.05) is 31.2 Å². The molecule has 0 radical (unpaired) electrons. The topological polar surface area (TPSA) is 79.7 Å². The number of hydrogen-bond donors (Lipinski definition) is 1. The summed E-state index contributed by atoms with van der Waals surface area (Å²) in [7, 11) is 0. The Morgan fingerprint density at radius 2 is 1.74 bits per heavy atom. The molecule has 1 atom stereocenters. The van der Waals surface area contributed by atoms with E-state index in [1.165, 1.54) is 23.1 Å². The number of benzene rings is 3. The van der Waals surface area contributed by atoms with Crippen LogP contribution < -0.4 is 9.64 Å². The van der Waals surface area contributed by atoms with Gasteiger partial charge in [0, 0.05) is 5.56 Å². The van der Waals surface area contributed by atoms with E-state index in [9.17, 15) is 19.1 Å². The summed E-state index contributed by atoms with van der Waals surface area (Å²) in [6.07, 6.45) is 0. The average molecular weight is 531 g/mol. The Morgan fingerprint density at radius 3 is 2.37 bits per heavy atom. The highest BCUT2D eigenvalue weighted by Gasteiger charge is 2.48. The average Bonchev–Trinajstić information content (AvgIpc) is 3.41. The Balaban J connectivity index is 1.68. The third-order valence-corrected chi connectivity index (χ3v) is 7.54. The standard InChI is InChI=1S/C30H27FN2O4S/c1-5-37-21-13-8-18(9-14-21)26(34)24-25(17-6-10-19(11-7-17)30(2,3)4)33(28(36)27(24)35)29-32-22-15-12-20(31)16-23(22)38-29/h6-16,25,34H,5H2,1-4H3/b26-24+/t25-/m1/s1. The van der Waals surface area contributed by atoms with Crippen molar-refractivity contribution >= 4 is 44.1 Å². The minimum absolute atomic E-state index is 0.0342. The van der Waals surface area contributed by atoms with Crippen molar-refractivity contribution in [3.63, 3.8) is 0 Å². The molecule has 3 aromatic carbocycles. The zero-order valence-electron chi connectivity index (χ0n) is 21.5. The fourth-order valence-electron chi connectivity index (χ4n) is 4.53. The van der Waals surface area contributed by atoms with Crippen molar-refractivity contribution < 1.29 is 23.8 Å². The van der Waals surface area contributed by atoms with Crippen molar-refractivity contribution in [2.24, 2.45) is 0 Å². The van der Waals surface area contributed by atoms with Crippen LogP contribution in [0.5, 0.6) is 5.75 Å². The molecule has 8 heteroatoms. The van der Waals surface area contributed by atoms with Gasteiger partial charge in [0.2, 0.25) is 0 Å². The second-order valence-electron chi connectivity index (χ2n) is 10.1. The number of amides is 1. The first-order valence-corrected chi connectivity index (χ1v) is 13.1. The van der Waals surface area contributed by atoms with Gasteiger partial charge in [0.25, 0.3) is 5.78 Å². The summed E-state index contributed by atoms with van der Waals surface area (Å²) in [5.74, 6) is -1.69. The number of fused-ring (bicyclic) bond motifs is 1. The summed E-state index contributed by atoms with van der Waals surface area (Å²) in [5.41, 5.74) is 2.50. The third kappa shape index (κ3) is 4.56. The van der Waals surface area contributed by atoms with Crippen molar-refractivity contribution in [3.05, 3.63) is 94.8 Å². The van der Waals surface area contributed by atoms with Gasteiger partial charge in [0.05, 0.1) is 28.4 Å². The highest BCUT2D eigenvalue weighted by Crippen LogP contribution is 2.44. The van der Waals surface area contributed by atoms with E-state index in [0.29, 0.717) is 33.7 Å². The van der Waals surface area contributed by atoms with Crippen molar-refractivity contribution in [3.8, 4) is 5.75 Å². The number of carbonyl (C=O) groups is 2. The van der Waals surface area contributed by atoms with Crippen molar-refractivity contribution in [2.45, 2.75) is 39.2 Å². The number of ketones is 1. The summed E-state index contributed by atoms with van der Waals surface area (Å²) in [6, 6.07) is 17.6. The number of thiazole rings is 1. The van der Waals surface area contributed by atoms with Gasteiger partial charge in [-0.05, 0) is 65.9 Å². The van der Waals surface area contributed by atoms with Crippen LogP contribution in [-0.4, -0.2) is 28.4 Å². The molecule has 0 spiro atoms. The minimum atomic E-state index is -0.916. The smallest absolute Gasteiger partial charge is 0.301 e. The number of carbonyl (C=O) groups excluding carboxylic acids is 2. The van der Waals surface area contributed by atoms with Gasteiger partial charge in [-0.3, -0.25) is 14.5 Å². The van der Waals surface area contributed by atoms with E-state index in [1.54, 1.807) is 24.3 Å². The molecule has 0 unspecified atom stereocenters. The number of aliphatic hydroxyl groups excluding tert-OH is 1. The fraction of sp³-hybridized carbons (Fsp3) is 0.233. The van der Waals surface area contributed by atoms with E-state index in [4.69, 9.17) is 4.74 Å². The molecular formula is C30H27FN2O4S. The van der Waals surface area contributed by atoms with E-state index in [-0.39, 0.29) is 21.9 Å². The van der Waals surface area contributed by atoms with Crippen LogP contribution in [0.1, 0.15) is 50.4 Å². The van der Waals surface area contributed by atoms with Crippen LogP contribution in [0.3, 0.4) is 0 Å². The predicted octanol–water partition coefficient (Wildman–Crippen LogP) is 6.76. The van der Waals surface area contributed by atoms with Gasteiger partial charge >= 0.3 is 5.91 Å².